The summed E-state index contributed by atoms with van der Waals surface area (Å²) in [7, 11) is 0. The second-order valence-electron chi connectivity index (χ2n) is 4.43. The number of ether oxygens (including phenoxy) is 1. The van der Waals surface area contributed by atoms with E-state index >= 15 is 0 Å². The lowest BCUT2D eigenvalue weighted by Crippen LogP contribution is -2.48. The van der Waals surface area contributed by atoms with Gasteiger partial charge in [0.25, 0.3) is 0 Å². The Hall–Kier alpha value is -1.02. The molecular weight excluding hydrogens is 265 g/mol. The van der Waals surface area contributed by atoms with Gasteiger partial charge >= 0.3 is 12.3 Å². The fraction of sp³-hybridized carbons (Fsp3) is 0.909. The molecule has 19 heavy (non-hydrogen) atoms. The van der Waals surface area contributed by atoms with Crippen molar-refractivity contribution in [2.75, 3.05) is 26.2 Å². The Bertz CT molecular complexity index is 291. The number of rotatable bonds is 4. The number of hydrogen-bond acceptors (Lipinski definition) is 4. The Morgan fingerprint density at radius 2 is 2.05 bits per heavy atom. The normalized spacial score (nSPS) is 19.3. The van der Waals surface area contributed by atoms with Crippen LogP contribution >= 0.6 is 0 Å². The number of alkyl halides is 3. The molecule has 0 aromatic heterocycles. The van der Waals surface area contributed by atoms with Crippen LogP contribution in [0.15, 0.2) is 0 Å². The Morgan fingerprint density at radius 3 is 2.53 bits per heavy atom. The molecule has 1 rings (SSSR count). The van der Waals surface area contributed by atoms with E-state index in [4.69, 9.17) is 9.84 Å². The molecule has 0 radical (unpaired) electrons. The first-order chi connectivity index (χ1) is 8.84. The Morgan fingerprint density at radius 1 is 1.47 bits per heavy atom. The molecule has 8 heteroatoms. The number of carbonyl (C=O) groups excluding carboxylic acids is 1. The van der Waals surface area contributed by atoms with Crippen LogP contribution < -0.4 is 5.32 Å². The number of halogens is 3. The molecule has 1 aliphatic rings. The largest absolute Gasteiger partial charge is 0.450 e. The molecule has 1 aliphatic heterocycles. The topological polar surface area (TPSA) is 61.8 Å². The lowest BCUT2D eigenvalue weighted by atomic mass is 10.1. The molecule has 0 aromatic carbocycles. The number of aliphatic hydroxyl groups is 1. The number of piperidine rings is 1. The molecule has 1 saturated heterocycles. The van der Waals surface area contributed by atoms with Crippen LogP contribution in [0.1, 0.15) is 19.8 Å². The average Bonchev–Trinajstić information content (AvgIpc) is 2.35. The molecule has 0 saturated carbocycles. The third-order valence-electron chi connectivity index (χ3n) is 3.00. The summed E-state index contributed by atoms with van der Waals surface area (Å²) in [6.45, 7) is 2.38. The van der Waals surface area contributed by atoms with Crippen LogP contribution in [0, 0.1) is 0 Å². The lowest BCUT2D eigenvalue weighted by molar-refractivity contribution is -0.202. The van der Waals surface area contributed by atoms with Crippen molar-refractivity contribution < 1.29 is 27.8 Å². The first kappa shape index (κ1) is 16.0. The van der Waals surface area contributed by atoms with Gasteiger partial charge in [-0.2, -0.15) is 13.2 Å². The van der Waals surface area contributed by atoms with Crippen LogP contribution in [0.2, 0.25) is 0 Å². The van der Waals surface area contributed by atoms with Crippen LogP contribution in [0.5, 0.6) is 0 Å². The van der Waals surface area contributed by atoms with Crippen molar-refractivity contribution in [1.82, 2.24) is 10.2 Å². The van der Waals surface area contributed by atoms with Crippen molar-refractivity contribution in [2.45, 2.75) is 38.1 Å². The van der Waals surface area contributed by atoms with Crippen molar-refractivity contribution >= 4 is 6.09 Å². The van der Waals surface area contributed by atoms with Gasteiger partial charge in [0.2, 0.25) is 0 Å². The maximum Gasteiger partial charge on any atom is 0.415 e. The highest BCUT2D eigenvalue weighted by Gasteiger charge is 2.38. The van der Waals surface area contributed by atoms with Crippen LogP contribution in [0.25, 0.3) is 0 Å². The molecule has 1 unspecified atom stereocenters. The number of nitrogens with zero attached hydrogens (tertiary/aromatic N) is 1. The molecular formula is C11H19F3N2O3. The van der Waals surface area contributed by atoms with Gasteiger partial charge in [0, 0.05) is 25.7 Å². The Balaban J connectivity index is 2.25. The number of nitrogens with one attached hydrogen (secondary N) is 1. The van der Waals surface area contributed by atoms with E-state index in [1.165, 1.54) is 4.90 Å². The summed E-state index contributed by atoms with van der Waals surface area (Å²) in [5.41, 5.74) is 0. The number of amides is 1. The standard InChI is InChI=1S/C11H19F3N2O3/c1-2-19-10(18)16-5-3-8(4-6-16)15-7-9(17)11(12,13)14/h8-9,15,17H,2-7H2,1H3. The number of aliphatic hydroxyl groups excluding tert-OH is 1. The summed E-state index contributed by atoms with van der Waals surface area (Å²) in [4.78, 5) is 12.9. The summed E-state index contributed by atoms with van der Waals surface area (Å²) < 4.78 is 41.1. The van der Waals surface area contributed by atoms with Gasteiger partial charge in [-0.05, 0) is 19.8 Å². The molecule has 2 N–H and O–H groups in total. The molecule has 0 aromatic rings. The summed E-state index contributed by atoms with van der Waals surface area (Å²) in [6, 6.07) is -0.123. The minimum absolute atomic E-state index is 0.123. The van der Waals surface area contributed by atoms with E-state index in [9.17, 15) is 18.0 Å². The number of hydrogen-bond donors (Lipinski definition) is 2. The second kappa shape index (κ2) is 6.95. The summed E-state index contributed by atoms with van der Waals surface area (Å²) >= 11 is 0. The van der Waals surface area contributed by atoms with E-state index in [2.05, 4.69) is 5.32 Å². The SMILES string of the molecule is CCOC(=O)N1CCC(NCC(O)C(F)(F)F)CC1. The lowest BCUT2D eigenvalue weighted by Gasteiger charge is -2.32. The van der Waals surface area contributed by atoms with Gasteiger partial charge in [0.1, 0.15) is 0 Å². The van der Waals surface area contributed by atoms with E-state index in [0.29, 0.717) is 32.5 Å². The zero-order valence-electron chi connectivity index (χ0n) is 10.7. The van der Waals surface area contributed by atoms with Gasteiger partial charge < -0.3 is 20.1 Å². The van der Waals surface area contributed by atoms with E-state index < -0.39 is 24.9 Å². The van der Waals surface area contributed by atoms with Crippen molar-refractivity contribution in [3.05, 3.63) is 0 Å². The van der Waals surface area contributed by atoms with Crippen molar-refractivity contribution in [2.24, 2.45) is 0 Å². The van der Waals surface area contributed by atoms with Crippen LogP contribution in [-0.4, -0.2) is 60.7 Å². The predicted molar refractivity (Wildman–Crippen MR) is 61.7 cm³/mol. The number of likely N-dealkylation sites (tertiary alicyclic amines) is 1. The third kappa shape index (κ3) is 5.23. The highest BCUT2D eigenvalue weighted by atomic mass is 19.4. The molecule has 1 amide bonds. The molecule has 0 spiro atoms. The van der Waals surface area contributed by atoms with Gasteiger partial charge in [-0.3, -0.25) is 0 Å². The Kier molecular flexibility index (Phi) is 5.86. The fourth-order valence-electron chi connectivity index (χ4n) is 1.87. The molecule has 0 bridgehead atoms. The van der Waals surface area contributed by atoms with E-state index in [-0.39, 0.29) is 6.04 Å². The summed E-state index contributed by atoms with van der Waals surface area (Å²) in [6.07, 6.45) is -6.25. The maximum absolute atomic E-state index is 12.1. The molecule has 112 valence electrons. The van der Waals surface area contributed by atoms with Crippen molar-refractivity contribution in [1.29, 1.82) is 0 Å². The van der Waals surface area contributed by atoms with Crippen LogP contribution in [0.3, 0.4) is 0 Å². The number of carbonyl (C=O) groups is 1. The molecule has 1 heterocycles. The monoisotopic (exact) mass is 284 g/mol. The zero-order chi connectivity index (χ0) is 14.5. The van der Waals surface area contributed by atoms with E-state index in [0.717, 1.165) is 0 Å². The van der Waals surface area contributed by atoms with Gasteiger partial charge in [0.05, 0.1) is 6.61 Å². The molecule has 5 nitrogen and oxygen atoms in total. The highest BCUT2D eigenvalue weighted by molar-refractivity contribution is 5.67. The van der Waals surface area contributed by atoms with Gasteiger partial charge in [-0.25, -0.2) is 4.79 Å². The predicted octanol–water partition coefficient (Wildman–Crippen LogP) is 1.12. The molecule has 1 atom stereocenters. The van der Waals surface area contributed by atoms with Gasteiger partial charge in [-0.1, -0.05) is 0 Å². The van der Waals surface area contributed by atoms with Crippen LogP contribution in [0.4, 0.5) is 18.0 Å². The molecule has 1 fully saturated rings. The third-order valence-corrected chi connectivity index (χ3v) is 3.00. The second-order valence-corrected chi connectivity index (χ2v) is 4.43. The first-order valence-electron chi connectivity index (χ1n) is 6.24. The smallest absolute Gasteiger partial charge is 0.415 e. The Labute approximate surface area is 109 Å². The van der Waals surface area contributed by atoms with Crippen molar-refractivity contribution in [3.63, 3.8) is 0 Å². The van der Waals surface area contributed by atoms with Crippen LogP contribution in [-0.2, 0) is 4.74 Å². The summed E-state index contributed by atoms with van der Waals surface area (Å²) in [5, 5.41) is 11.5. The zero-order valence-corrected chi connectivity index (χ0v) is 10.7. The quantitative estimate of drug-likeness (QED) is 0.812. The minimum Gasteiger partial charge on any atom is -0.450 e. The molecule has 0 aliphatic carbocycles. The minimum atomic E-state index is -4.60. The van der Waals surface area contributed by atoms with E-state index in [1.807, 2.05) is 0 Å². The summed E-state index contributed by atoms with van der Waals surface area (Å²) in [5.74, 6) is 0. The fourth-order valence-corrected chi connectivity index (χ4v) is 1.87. The first-order valence-corrected chi connectivity index (χ1v) is 6.24. The van der Waals surface area contributed by atoms with Crippen molar-refractivity contribution in [3.8, 4) is 0 Å². The highest BCUT2D eigenvalue weighted by Crippen LogP contribution is 2.20. The van der Waals surface area contributed by atoms with Gasteiger partial charge in [0.15, 0.2) is 6.10 Å². The maximum atomic E-state index is 12.1. The van der Waals surface area contributed by atoms with Gasteiger partial charge in [-0.15, -0.1) is 0 Å². The van der Waals surface area contributed by atoms with E-state index in [1.54, 1.807) is 6.92 Å². The average molecular weight is 284 g/mol.